The summed E-state index contributed by atoms with van der Waals surface area (Å²) in [5, 5.41) is 3.63. The summed E-state index contributed by atoms with van der Waals surface area (Å²) in [6, 6.07) is 8.66. The Morgan fingerprint density at radius 2 is 2.05 bits per heavy atom. The van der Waals surface area contributed by atoms with Crippen LogP contribution in [0.3, 0.4) is 0 Å². The van der Waals surface area contributed by atoms with Crippen LogP contribution in [-0.4, -0.2) is 18.6 Å². The van der Waals surface area contributed by atoms with E-state index in [1.807, 2.05) is 6.20 Å². The summed E-state index contributed by atoms with van der Waals surface area (Å²) in [5.41, 5.74) is 5.08. The summed E-state index contributed by atoms with van der Waals surface area (Å²) < 4.78 is 5.31. The number of nitrogens with one attached hydrogen (secondary N) is 1. The van der Waals surface area contributed by atoms with Crippen molar-refractivity contribution in [2.45, 2.75) is 33.2 Å². The quantitative estimate of drug-likeness (QED) is 0.876. The summed E-state index contributed by atoms with van der Waals surface area (Å²) in [4.78, 5) is 4.30. The molecule has 0 spiro atoms. The minimum absolute atomic E-state index is 0.146. The first-order chi connectivity index (χ1) is 10.2. The number of methoxy groups -OCH3 is 1. The summed E-state index contributed by atoms with van der Waals surface area (Å²) in [7, 11) is 1.67. The van der Waals surface area contributed by atoms with E-state index in [1.165, 1.54) is 16.7 Å². The number of benzene rings is 1. The predicted molar refractivity (Wildman–Crippen MR) is 86.8 cm³/mol. The highest BCUT2D eigenvalue weighted by Crippen LogP contribution is 2.28. The van der Waals surface area contributed by atoms with E-state index in [-0.39, 0.29) is 6.04 Å². The maximum absolute atomic E-state index is 5.31. The standard InChI is InChI=1S/C18H24N2O/c1-5-9-20-18(15-10-16(21-4)12-19-11-15)17-8-6-7-13(2)14(17)3/h6-8,10-12,18,20H,5,9H2,1-4H3. The van der Waals surface area contributed by atoms with E-state index in [1.54, 1.807) is 13.3 Å². The van der Waals surface area contributed by atoms with Crippen LogP contribution in [0, 0.1) is 13.8 Å². The van der Waals surface area contributed by atoms with E-state index >= 15 is 0 Å². The van der Waals surface area contributed by atoms with Crippen molar-refractivity contribution in [1.29, 1.82) is 0 Å². The molecule has 1 atom stereocenters. The molecule has 0 amide bonds. The van der Waals surface area contributed by atoms with Crippen LogP contribution >= 0.6 is 0 Å². The highest BCUT2D eigenvalue weighted by molar-refractivity contribution is 5.41. The fraction of sp³-hybridized carbons (Fsp3) is 0.389. The number of aromatic nitrogens is 1. The molecule has 112 valence electrons. The van der Waals surface area contributed by atoms with Crippen molar-refractivity contribution in [1.82, 2.24) is 10.3 Å². The van der Waals surface area contributed by atoms with Crippen molar-refractivity contribution < 1.29 is 4.74 Å². The average molecular weight is 284 g/mol. The number of pyridine rings is 1. The van der Waals surface area contributed by atoms with Gasteiger partial charge in [0.1, 0.15) is 5.75 Å². The van der Waals surface area contributed by atoms with Crippen LogP contribution in [0.4, 0.5) is 0 Å². The van der Waals surface area contributed by atoms with Gasteiger partial charge in [0.2, 0.25) is 0 Å². The minimum atomic E-state index is 0.146. The van der Waals surface area contributed by atoms with E-state index in [9.17, 15) is 0 Å². The molecule has 0 aliphatic rings. The Morgan fingerprint density at radius 3 is 2.76 bits per heavy atom. The summed E-state index contributed by atoms with van der Waals surface area (Å²) in [6.07, 6.45) is 4.75. The van der Waals surface area contributed by atoms with Crippen LogP contribution in [0.5, 0.6) is 5.75 Å². The molecule has 3 heteroatoms. The number of aryl methyl sites for hydroxylation is 1. The van der Waals surface area contributed by atoms with Gasteiger partial charge in [0.05, 0.1) is 19.3 Å². The van der Waals surface area contributed by atoms with Crippen LogP contribution in [0.25, 0.3) is 0 Å². The van der Waals surface area contributed by atoms with Gasteiger partial charge in [0.15, 0.2) is 0 Å². The van der Waals surface area contributed by atoms with Crippen molar-refractivity contribution in [3.05, 3.63) is 58.9 Å². The molecule has 1 heterocycles. The lowest BCUT2D eigenvalue weighted by atomic mass is 9.93. The van der Waals surface area contributed by atoms with Crippen LogP contribution < -0.4 is 10.1 Å². The van der Waals surface area contributed by atoms with Crippen LogP contribution in [0.15, 0.2) is 36.7 Å². The minimum Gasteiger partial charge on any atom is -0.495 e. The molecule has 1 N–H and O–H groups in total. The average Bonchev–Trinajstić information content (AvgIpc) is 2.52. The number of nitrogens with zero attached hydrogens (tertiary/aromatic N) is 1. The molecule has 21 heavy (non-hydrogen) atoms. The molecular weight excluding hydrogens is 260 g/mol. The Hall–Kier alpha value is -1.87. The monoisotopic (exact) mass is 284 g/mol. The third-order valence-corrected chi connectivity index (χ3v) is 3.86. The molecule has 2 aromatic rings. The lowest BCUT2D eigenvalue weighted by Crippen LogP contribution is -2.24. The molecular formula is C18H24N2O. The third kappa shape index (κ3) is 3.61. The Morgan fingerprint density at radius 1 is 1.24 bits per heavy atom. The molecule has 0 aliphatic heterocycles. The number of ether oxygens (including phenoxy) is 1. The molecule has 1 aromatic heterocycles. The highest BCUT2D eigenvalue weighted by atomic mass is 16.5. The van der Waals surface area contributed by atoms with Gasteiger partial charge in [-0.15, -0.1) is 0 Å². The molecule has 0 bridgehead atoms. The zero-order valence-corrected chi connectivity index (χ0v) is 13.3. The molecule has 0 saturated heterocycles. The largest absolute Gasteiger partial charge is 0.495 e. The van der Waals surface area contributed by atoms with Crippen molar-refractivity contribution in [2.24, 2.45) is 0 Å². The highest BCUT2D eigenvalue weighted by Gasteiger charge is 2.17. The topological polar surface area (TPSA) is 34.2 Å². The van der Waals surface area contributed by atoms with Gasteiger partial charge in [0.25, 0.3) is 0 Å². The fourth-order valence-corrected chi connectivity index (χ4v) is 2.49. The number of hydrogen-bond acceptors (Lipinski definition) is 3. The molecule has 0 radical (unpaired) electrons. The molecule has 0 aliphatic carbocycles. The van der Waals surface area contributed by atoms with Gasteiger partial charge >= 0.3 is 0 Å². The fourth-order valence-electron chi connectivity index (χ4n) is 2.49. The maximum Gasteiger partial charge on any atom is 0.137 e. The summed E-state index contributed by atoms with van der Waals surface area (Å²) >= 11 is 0. The van der Waals surface area contributed by atoms with E-state index in [0.29, 0.717) is 0 Å². The van der Waals surface area contributed by atoms with E-state index < -0.39 is 0 Å². The van der Waals surface area contributed by atoms with Crippen LogP contribution in [-0.2, 0) is 0 Å². The summed E-state index contributed by atoms with van der Waals surface area (Å²) in [6.45, 7) is 7.48. The van der Waals surface area contributed by atoms with Crippen LogP contribution in [0.1, 0.15) is 41.6 Å². The number of rotatable bonds is 6. The van der Waals surface area contributed by atoms with Crippen molar-refractivity contribution in [3.63, 3.8) is 0 Å². The molecule has 1 aromatic carbocycles. The van der Waals surface area contributed by atoms with Gasteiger partial charge in [0, 0.05) is 6.20 Å². The predicted octanol–water partition coefficient (Wildman–Crippen LogP) is 3.80. The molecule has 0 fully saturated rings. The zero-order valence-electron chi connectivity index (χ0n) is 13.3. The molecule has 2 rings (SSSR count). The molecule has 1 unspecified atom stereocenters. The van der Waals surface area contributed by atoms with Gasteiger partial charge in [-0.05, 0) is 55.1 Å². The second-order valence-electron chi connectivity index (χ2n) is 5.33. The second kappa shape index (κ2) is 7.23. The smallest absolute Gasteiger partial charge is 0.137 e. The zero-order chi connectivity index (χ0) is 15.2. The summed E-state index contributed by atoms with van der Waals surface area (Å²) in [5.74, 6) is 0.793. The lowest BCUT2D eigenvalue weighted by Gasteiger charge is -2.22. The third-order valence-electron chi connectivity index (χ3n) is 3.86. The van der Waals surface area contributed by atoms with E-state index in [0.717, 1.165) is 24.3 Å². The first-order valence-electron chi connectivity index (χ1n) is 7.45. The van der Waals surface area contributed by atoms with Crippen LogP contribution in [0.2, 0.25) is 0 Å². The first-order valence-corrected chi connectivity index (χ1v) is 7.45. The van der Waals surface area contributed by atoms with Gasteiger partial charge < -0.3 is 10.1 Å². The maximum atomic E-state index is 5.31. The van der Waals surface area contributed by atoms with Crippen molar-refractivity contribution in [3.8, 4) is 5.75 Å². The van der Waals surface area contributed by atoms with Gasteiger partial charge in [-0.1, -0.05) is 25.1 Å². The number of hydrogen-bond donors (Lipinski definition) is 1. The Labute approximate surface area is 127 Å². The molecule has 0 saturated carbocycles. The lowest BCUT2D eigenvalue weighted by molar-refractivity contribution is 0.411. The SMILES string of the molecule is CCCNC(c1cncc(OC)c1)c1cccc(C)c1C. The first kappa shape index (κ1) is 15.5. The van der Waals surface area contributed by atoms with Gasteiger partial charge in [-0.2, -0.15) is 0 Å². The Balaban J connectivity index is 2.44. The normalized spacial score (nSPS) is 12.2. The van der Waals surface area contributed by atoms with Gasteiger partial charge in [-0.25, -0.2) is 0 Å². The second-order valence-corrected chi connectivity index (χ2v) is 5.33. The van der Waals surface area contributed by atoms with E-state index in [2.05, 4.69) is 55.3 Å². The van der Waals surface area contributed by atoms with E-state index in [4.69, 9.17) is 4.74 Å². The van der Waals surface area contributed by atoms with Gasteiger partial charge in [-0.3, -0.25) is 4.98 Å². The molecule has 3 nitrogen and oxygen atoms in total. The van der Waals surface area contributed by atoms with Crippen molar-refractivity contribution in [2.75, 3.05) is 13.7 Å². The van der Waals surface area contributed by atoms with Crippen molar-refractivity contribution >= 4 is 0 Å². The Kier molecular flexibility index (Phi) is 5.34. The Bertz CT molecular complexity index is 596.